The van der Waals surface area contributed by atoms with E-state index in [0.29, 0.717) is 0 Å². The SMILES string of the molecule is Cc1nc(CI)co1. The van der Waals surface area contributed by atoms with Crippen molar-refractivity contribution < 1.29 is 4.42 Å². The quantitative estimate of drug-likeness (QED) is 0.536. The molecule has 0 bridgehead atoms. The summed E-state index contributed by atoms with van der Waals surface area (Å²) in [5.41, 5.74) is 1.02. The number of rotatable bonds is 1. The first-order chi connectivity index (χ1) is 3.83. The van der Waals surface area contributed by atoms with E-state index in [-0.39, 0.29) is 0 Å². The van der Waals surface area contributed by atoms with E-state index in [2.05, 4.69) is 27.6 Å². The van der Waals surface area contributed by atoms with Gasteiger partial charge in [0.25, 0.3) is 0 Å². The molecule has 0 fully saturated rings. The van der Waals surface area contributed by atoms with Gasteiger partial charge in [0.05, 0.1) is 5.69 Å². The van der Waals surface area contributed by atoms with Crippen molar-refractivity contribution in [2.75, 3.05) is 0 Å². The molecule has 0 radical (unpaired) electrons. The molecule has 1 aromatic heterocycles. The molecule has 0 atom stereocenters. The fraction of sp³-hybridized carbons (Fsp3) is 0.400. The molecular formula is C5H6INO. The Morgan fingerprint density at radius 1 is 1.88 bits per heavy atom. The Balaban J connectivity index is 2.84. The number of aryl methyl sites for hydroxylation is 1. The molecule has 0 N–H and O–H groups in total. The Kier molecular flexibility index (Phi) is 1.88. The second-order valence-electron chi connectivity index (χ2n) is 1.49. The third-order valence-corrected chi connectivity index (χ3v) is 1.59. The Morgan fingerprint density at radius 3 is 2.88 bits per heavy atom. The molecule has 8 heavy (non-hydrogen) atoms. The number of nitrogens with zero attached hydrogens (tertiary/aromatic N) is 1. The zero-order chi connectivity index (χ0) is 5.98. The highest BCUT2D eigenvalue weighted by Gasteiger charge is 1.93. The van der Waals surface area contributed by atoms with Crippen molar-refractivity contribution in [1.29, 1.82) is 0 Å². The molecule has 1 heterocycles. The van der Waals surface area contributed by atoms with Gasteiger partial charge in [-0.2, -0.15) is 0 Å². The van der Waals surface area contributed by atoms with Crippen molar-refractivity contribution in [3.05, 3.63) is 17.8 Å². The molecule has 1 rings (SSSR count). The van der Waals surface area contributed by atoms with Crippen molar-refractivity contribution in [3.63, 3.8) is 0 Å². The standard InChI is InChI=1S/C5H6INO/c1-4-7-5(2-6)3-8-4/h3H,2H2,1H3. The van der Waals surface area contributed by atoms with Gasteiger partial charge >= 0.3 is 0 Å². The van der Waals surface area contributed by atoms with E-state index in [1.54, 1.807) is 6.26 Å². The molecule has 0 aromatic carbocycles. The number of oxazole rings is 1. The van der Waals surface area contributed by atoms with E-state index < -0.39 is 0 Å². The summed E-state index contributed by atoms with van der Waals surface area (Å²) in [4.78, 5) is 4.06. The van der Waals surface area contributed by atoms with Crippen molar-refractivity contribution in [2.45, 2.75) is 11.4 Å². The van der Waals surface area contributed by atoms with E-state index in [1.165, 1.54) is 0 Å². The largest absolute Gasteiger partial charge is 0.449 e. The normalized spacial score (nSPS) is 9.75. The summed E-state index contributed by atoms with van der Waals surface area (Å²) >= 11 is 2.24. The average molecular weight is 223 g/mol. The molecule has 44 valence electrons. The lowest BCUT2D eigenvalue weighted by Gasteiger charge is -1.75. The lowest BCUT2D eigenvalue weighted by molar-refractivity contribution is 0.521. The molecule has 2 nitrogen and oxygen atoms in total. The molecular weight excluding hydrogens is 217 g/mol. The molecule has 0 aliphatic rings. The van der Waals surface area contributed by atoms with Gasteiger partial charge in [0.15, 0.2) is 5.89 Å². The fourth-order valence-corrected chi connectivity index (χ4v) is 0.820. The van der Waals surface area contributed by atoms with Crippen molar-refractivity contribution in [3.8, 4) is 0 Å². The summed E-state index contributed by atoms with van der Waals surface area (Å²) in [6.07, 6.45) is 1.68. The number of aromatic nitrogens is 1. The summed E-state index contributed by atoms with van der Waals surface area (Å²) in [6, 6.07) is 0. The zero-order valence-corrected chi connectivity index (χ0v) is 6.68. The summed E-state index contributed by atoms with van der Waals surface area (Å²) in [6.45, 7) is 1.84. The lowest BCUT2D eigenvalue weighted by Crippen LogP contribution is -1.73. The average Bonchev–Trinajstić information content (AvgIpc) is 2.14. The molecule has 0 aliphatic heterocycles. The lowest BCUT2D eigenvalue weighted by atomic mass is 10.6. The van der Waals surface area contributed by atoms with Gasteiger partial charge in [0, 0.05) is 11.4 Å². The summed E-state index contributed by atoms with van der Waals surface area (Å²) in [5, 5.41) is 0. The van der Waals surface area contributed by atoms with Gasteiger partial charge in [-0.1, -0.05) is 22.6 Å². The highest BCUT2D eigenvalue weighted by Crippen LogP contribution is 2.03. The molecule has 0 spiro atoms. The molecule has 0 saturated heterocycles. The van der Waals surface area contributed by atoms with E-state index >= 15 is 0 Å². The van der Waals surface area contributed by atoms with Crippen LogP contribution in [0, 0.1) is 6.92 Å². The summed E-state index contributed by atoms with van der Waals surface area (Å²) < 4.78 is 5.87. The van der Waals surface area contributed by atoms with Crippen LogP contribution in [-0.4, -0.2) is 4.98 Å². The van der Waals surface area contributed by atoms with Crippen LogP contribution in [0.1, 0.15) is 11.6 Å². The van der Waals surface area contributed by atoms with Crippen LogP contribution >= 0.6 is 22.6 Å². The minimum Gasteiger partial charge on any atom is -0.449 e. The maximum Gasteiger partial charge on any atom is 0.191 e. The molecule has 0 amide bonds. The van der Waals surface area contributed by atoms with Gasteiger partial charge in [-0.25, -0.2) is 4.98 Å². The van der Waals surface area contributed by atoms with Crippen molar-refractivity contribution in [1.82, 2.24) is 4.98 Å². The maximum atomic E-state index is 4.94. The second-order valence-corrected chi connectivity index (χ2v) is 2.25. The Morgan fingerprint density at radius 2 is 2.62 bits per heavy atom. The predicted octanol–water partition coefficient (Wildman–Crippen LogP) is 1.92. The third kappa shape index (κ3) is 1.21. The third-order valence-electron chi connectivity index (χ3n) is 0.803. The zero-order valence-electron chi connectivity index (χ0n) is 4.52. The van der Waals surface area contributed by atoms with E-state index in [1.807, 2.05) is 6.92 Å². The van der Waals surface area contributed by atoms with Crippen LogP contribution in [0.2, 0.25) is 0 Å². The topological polar surface area (TPSA) is 26.0 Å². The van der Waals surface area contributed by atoms with Crippen LogP contribution in [0.5, 0.6) is 0 Å². The number of halogens is 1. The number of hydrogen-bond acceptors (Lipinski definition) is 2. The van der Waals surface area contributed by atoms with Crippen LogP contribution in [0.25, 0.3) is 0 Å². The van der Waals surface area contributed by atoms with Crippen LogP contribution in [0.3, 0.4) is 0 Å². The van der Waals surface area contributed by atoms with Gasteiger partial charge in [-0.3, -0.25) is 0 Å². The minimum absolute atomic E-state index is 0.747. The molecule has 1 aromatic rings. The molecule has 0 saturated carbocycles. The van der Waals surface area contributed by atoms with Crippen molar-refractivity contribution >= 4 is 22.6 Å². The van der Waals surface area contributed by atoms with E-state index in [9.17, 15) is 0 Å². The van der Waals surface area contributed by atoms with E-state index in [4.69, 9.17) is 4.42 Å². The Bertz CT molecular complexity index is 173. The second kappa shape index (κ2) is 2.48. The van der Waals surface area contributed by atoms with Crippen LogP contribution in [0.4, 0.5) is 0 Å². The van der Waals surface area contributed by atoms with Gasteiger partial charge in [-0.05, 0) is 0 Å². The molecule has 3 heteroatoms. The van der Waals surface area contributed by atoms with Crippen molar-refractivity contribution in [2.24, 2.45) is 0 Å². The number of hydrogen-bond donors (Lipinski definition) is 0. The predicted molar refractivity (Wildman–Crippen MR) is 39.0 cm³/mol. The Hall–Kier alpha value is -0.0600. The highest BCUT2D eigenvalue weighted by molar-refractivity contribution is 14.1. The van der Waals surface area contributed by atoms with Crippen LogP contribution in [0.15, 0.2) is 10.7 Å². The van der Waals surface area contributed by atoms with Gasteiger partial charge in [0.2, 0.25) is 0 Å². The first-order valence-corrected chi connectivity index (χ1v) is 3.82. The monoisotopic (exact) mass is 223 g/mol. The first kappa shape index (κ1) is 6.07. The highest BCUT2D eigenvalue weighted by atomic mass is 127. The van der Waals surface area contributed by atoms with Gasteiger partial charge in [0.1, 0.15) is 6.26 Å². The molecule has 0 aliphatic carbocycles. The van der Waals surface area contributed by atoms with Gasteiger partial charge < -0.3 is 4.42 Å². The maximum absolute atomic E-state index is 4.94. The number of alkyl halides is 1. The Labute approximate surface area is 61.4 Å². The summed E-state index contributed by atoms with van der Waals surface area (Å²) in [5.74, 6) is 0.747. The van der Waals surface area contributed by atoms with Gasteiger partial charge in [-0.15, -0.1) is 0 Å². The summed E-state index contributed by atoms with van der Waals surface area (Å²) in [7, 11) is 0. The first-order valence-electron chi connectivity index (χ1n) is 2.30. The molecule has 0 unspecified atom stereocenters. The smallest absolute Gasteiger partial charge is 0.191 e. The van der Waals surface area contributed by atoms with E-state index in [0.717, 1.165) is 16.0 Å². The minimum atomic E-state index is 0.747. The van der Waals surface area contributed by atoms with Crippen LogP contribution in [-0.2, 0) is 4.43 Å². The fourth-order valence-electron chi connectivity index (χ4n) is 0.470. The van der Waals surface area contributed by atoms with Crippen LogP contribution < -0.4 is 0 Å².